The minimum atomic E-state index is -0.180. The van der Waals surface area contributed by atoms with E-state index in [2.05, 4.69) is 22.5 Å². The molecule has 1 aromatic carbocycles. The SMILES string of the molecule is CCC1CCCCN1CCCNC(=O)Nc1ccccc1OC. The van der Waals surface area contributed by atoms with Crippen molar-refractivity contribution in [2.75, 3.05) is 32.1 Å². The van der Waals surface area contributed by atoms with Gasteiger partial charge in [0.25, 0.3) is 0 Å². The van der Waals surface area contributed by atoms with Crippen LogP contribution in [-0.4, -0.2) is 43.7 Å². The van der Waals surface area contributed by atoms with E-state index in [4.69, 9.17) is 4.74 Å². The van der Waals surface area contributed by atoms with Crippen molar-refractivity contribution in [1.82, 2.24) is 10.2 Å². The first-order valence-corrected chi connectivity index (χ1v) is 8.66. The van der Waals surface area contributed by atoms with Crippen LogP contribution in [0.2, 0.25) is 0 Å². The molecule has 2 rings (SSSR count). The van der Waals surface area contributed by atoms with Gasteiger partial charge in [-0.3, -0.25) is 0 Å². The fourth-order valence-corrected chi connectivity index (χ4v) is 3.22. The lowest BCUT2D eigenvalue weighted by Crippen LogP contribution is -2.41. The van der Waals surface area contributed by atoms with E-state index in [0.717, 1.165) is 19.0 Å². The molecule has 2 N–H and O–H groups in total. The van der Waals surface area contributed by atoms with Crippen LogP contribution in [0.5, 0.6) is 5.75 Å². The number of piperidine rings is 1. The summed E-state index contributed by atoms with van der Waals surface area (Å²) in [5.41, 5.74) is 0.689. The Morgan fingerprint density at radius 3 is 2.96 bits per heavy atom. The lowest BCUT2D eigenvalue weighted by molar-refractivity contribution is 0.142. The smallest absolute Gasteiger partial charge is 0.319 e. The van der Waals surface area contributed by atoms with E-state index in [9.17, 15) is 4.79 Å². The van der Waals surface area contributed by atoms with Crippen LogP contribution >= 0.6 is 0 Å². The summed E-state index contributed by atoms with van der Waals surface area (Å²) in [4.78, 5) is 14.5. The number of para-hydroxylation sites is 2. The minimum Gasteiger partial charge on any atom is -0.495 e. The van der Waals surface area contributed by atoms with Crippen LogP contribution < -0.4 is 15.4 Å². The van der Waals surface area contributed by atoms with Crippen LogP contribution in [0.25, 0.3) is 0 Å². The lowest BCUT2D eigenvalue weighted by atomic mass is 10.00. The Balaban J connectivity index is 1.68. The van der Waals surface area contributed by atoms with Crippen molar-refractivity contribution in [2.24, 2.45) is 0 Å². The first-order chi connectivity index (χ1) is 11.2. The molecule has 0 saturated carbocycles. The average molecular weight is 319 g/mol. The number of methoxy groups -OCH3 is 1. The standard InChI is InChI=1S/C18H29N3O2/c1-3-15-9-6-7-13-21(15)14-8-12-19-18(22)20-16-10-4-5-11-17(16)23-2/h4-5,10-11,15H,3,6-9,12-14H2,1-2H3,(H2,19,20,22). The van der Waals surface area contributed by atoms with E-state index in [1.165, 1.54) is 32.2 Å². The second-order valence-electron chi connectivity index (χ2n) is 6.03. The summed E-state index contributed by atoms with van der Waals surface area (Å²) in [6, 6.07) is 7.96. The molecule has 1 saturated heterocycles. The zero-order valence-corrected chi connectivity index (χ0v) is 14.3. The summed E-state index contributed by atoms with van der Waals surface area (Å²) in [5.74, 6) is 0.668. The Morgan fingerprint density at radius 2 is 2.17 bits per heavy atom. The molecular weight excluding hydrogens is 290 g/mol. The maximum absolute atomic E-state index is 12.0. The van der Waals surface area contributed by atoms with Crippen LogP contribution in [0.4, 0.5) is 10.5 Å². The third-order valence-electron chi connectivity index (χ3n) is 4.48. The number of hydrogen-bond acceptors (Lipinski definition) is 3. The molecule has 0 aromatic heterocycles. The number of carbonyl (C=O) groups excluding carboxylic acids is 1. The van der Waals surface area contributed by atoms with Crippen molar-refractivity contribution < 1.29 is 9.53 Å². The predicted octanol–water partition coefficient (Wildman–Crippen LogP) is 3.47. The van der Waals surface area contributed by atoms with Crippen molar-refractivity contribution in [2.45, 2.75) is 45.1 Å². The zero-order valence-electron chi connectivity index (χ0n) is 14.3. The van der Waals surface area contributed by atoms with Gasteiger partial charge >= 0.3 is 6.03 Å². The molecule has 128 valence electrons. The molecule has 1 atom stereocenters. The summed E-state index contributed by atoms with van der Waals surface area (Å²) in [6.07, 6.45) is 6.18. The van der Waals surface area contributed by atoms with Crippen LogP contribution in [0, 0.1) is 0 Å². The predicted molar refractivity (Wildman–Crippen MR) is 94.1 cm³/mol. The fraction of sp³-hybridized carbons (Fsp3) is 0.611. The van der Waals surface area contributed by atoms with E-state index >= 15 is 0 Å². The molecule has 0 bridgehead atoms. The van der Waals surface area contributed by atoms with E-state index in [0.29, 0.717) is 18.0 Å². The van der Waals surface area contributed by atoms with Crippen molar-refractivity contribution in [3.63, 3.8) is 0 Å². The Kier molecular flexibility index (Phi) is 7.20. The third-order valence-corrected chi connectivity index (χ3v) is 4.48. The quantitative estimate of drug-likeness (QED) is 0.757. The van der Waals surface area contributed by atoms with E-state index < -0.39 is 0 Å². The second kappa shape index (κ2) is 9.40. The summed E-state index contributed by atoms with van der Waals surface area (Å²) >= 11 is 0. The highest BCUT2D eigenvalue weighted by Gasteiger charge is 2.19. The number of rotatable bonds is 7. The number of benzene rings is 1. The summed E-state index contributed by atoms with van der Waals surface area (Å²) < 4.78 is 5.23. The highest BCUT2D eigenvalue weighted by molar-refractivity contribution is 5.90. The molecule has 0 radical (unpaired) electrons. The van der Waals surface area contributed by atoms with Crippen molar-refractivity contribution in [3.8, 4) is 5.75 Å². The van der Waals surface area contributed by atoms with Gasteiger partial charge in [0.05, 0.1) is 12.8 Å². The number of nitrogens with one attached hydrogen (secondary N) is 2. The highest BCUT2D eigenvalue weighted by Crippen LogP contribution is 2.22. The largest absolute Gasteiger partial charge is 0.495 e. The summed E-state index contributed by atoms with van der Waals surface area (Å²) in [7, 11) is 1.60. The maximum Gasteiger partial charge on any atom is 0.319 e. The van der Waals surface area contributed by atoms with Crippen LogP contribution in [0.15, 0.2) is 24.3 Å². The highest BCUT2D eigenvalue weighted by atomic mass is 16.5. The Labute approximate surface area is 139 Å². The molecule has 5 nitrogen and oxygen atoms in total. The number of urea groups is 1. The number of carbonyl (C=O) groups is 1. The molecular formula is C18H29N3O2. The lowest BCUT2D eigenvalue weighted by Gasteiger charge is -2.35. The van der Waals surface area contributed by atoms with Gasteiger partial charge in [0.15, 0.2) is 0 Å². The van der Waals surface area contributed by atoms with E-state index in [1.54, 1.807) is 7.11 Å². The van der Waals surface area contributed by atoms with Gasteiger partial charge < -0.3 is 20.3 Å². The molecule has 1 heterocycles. The number of nitrogens with zero attached hydrogens (tertiary/aromatic N) is 1. The number of ether oxygens (including phenoxy) is 1. The topological polar surface area (TPSA) is 53.6 Å². The van der Waals surface area contributed by atoms with Crippen LogP contribution in [0.1, 0.15) is 39.0 Å². The Morgan fingerprint density at radius 1 is 1.35 bits per heavy atom. The number of likely N-dealkylation sites (tertiary alicyclic amines) is 1. The monoisotopic (exact) mass is 319 g/mol. The molecule has 1 aliphatic rings. The Hall–Kier alpha value is -1.75. The van der Waals surface area contributed by atoms with Gasteiger partial charge in [-0.25, -0.2) is 4.79 Å². The minimum absolute atomic E-state index is 0.180. The van der Waals surface area contributed by atoms with Gasteiger partial charge in [-0.15, -0.1) is 0 Å². The van der Waals surface area contributed by atoms with Gasteiger partial charge in [-0.2, -0.15) is 0 Å². The molecule has 1 aromatic rings. The van der Waals surface area contributed by atoms with Gasteiger partial charge in [0.2, 0.25) is 0 Å². The zero-order chi connectivity index (χ0) is 16.5. The first kappa shape index (κ1) is 17.6. The third kappa shape index (κ3) is 5.43. The van der Waals surface area contributed by atoms with Gasteiger partial charge in [0.1, 0.15) is 5.75 Å². The van der Waals surface area contributed by atoms with Crippen molar-refractivity contribution >= 4 is 11.7 Å². The molecule has 0 spiro atoms. The van der Waals surface area contributed by atoms with Gasteiger partial charge in [-0.05, 0) is 44.4 Å². The maximum atomic E-state index is 12.0. The molecule has 23 heavy (non-hydrogen) atoms. The molecule has 5 heteroatoms. The molecule has 2 amide bonds. The second-order valence-corrected chi connectivity index (χ2v) is 6.03. The average Bonchev–Trinajstić information content (AvgIpc) is 2.59. The first-order valence-electron chi connectivity index (χ1n) is 8.66. The summed E-state index contributed by atoms with van der Waals surface area (Å²) in [5, 5.41) is 5.75. The molecule has 1 unspecified atom stereocenters. The molecule has 0 aliphatic carbocycles. The fourth-order valence-electron chi connectivity index (χ4n) is 3.22. The summed E-state index contributed by atoms with van der Waals surface area (Å²) in [6.45, 7) is 5.22. The van der Waals surface area contributed by atoms with E-state index in [-0.39, 0.29) is 6.03 Å². The van der Waals surface area contributed by atoms with Crippen molar-refractivity contribution in [3.05, 3.63) is 24.3 Å². The van der Waals surface area contributed by atoms with Crippen LogP contribution in [0.3, 0.4) is 0 Å². The van der Waals surface area contributed by atoms with Crippen LogP contribution in [-0.2, 0) is 0 Å². The van der Waals surface area contributed by atoms with Gasteiger partial charge in [0, 0.05) is 19.1 Å². The van der Waals surface area contributed by atoms with Crippen molar-refractivity contribution in [1.29, 1.82) is 0 Å². The molecule has 1 aliphatic heterocycles. The Bertz CT molecular complexity index is 493. The van der Waals surface area contributed by atoms with E-state index in [1.807, 2.05) is 24.3 Å². The normalized spacial score (nSPS) is 18.4. The number of anilines is 1. The molecule has 1 fully saturated rings. The number of amides is 2. The van der Waals surface area contributed by atoms with Gasteiger partial charge in [-0.1, -0.05) is 25.5 Å². The number of hydrogen-bond donors (Lipinski definition) is 2.